The van der Waals surface area contributed by atoms with E-state index in [0.717, 1.165) is 16.7 Å². The molecule has 0 unspecified atom stereocenters. The molecule has 1 aromatic heterocycles. The second-order valence-electron chi connectivity index (χ2n) is 3.14. The lowest BCUT2D eigenvalue weighted by molar-refractivity contribution is -0.140. The van der Waals surface area contributed by atoms with Gasteiger partial charge in [-0.25, -0.2) is 9.37 Å². The van der Waals surface area contributed by atoms with E-state index in [1.165, 1.54) is 18.2 Å². The zero-order valence-corrected chi connectivity index (χ0v) is 9.07. The number of hydrogen-bond acceptors (Lipinski definition) is 3. The summed E-state index contributed by atoms with van der Waals surface area (Å²) in [4.78, 5) is 3.33. The summed E-state index contributed by atoms with van der Waals surface area (Å²) in [5.74, 6) is -0.545. The van der Waals surface area contributed by atoms with E-state index in [4.69, 9.17) is 0 Å². The third kappa shape index (κ3) is 2.73. The van der Waals surface area contributed by atoms with E-state index in [2.05, 4.69) is 10.3 Å². The van der Waals surface area contributed by atoms with Crippen LogP contribution in [0.25, 0.3) is 0 Å². The van der Waals surface area contributed by atoms with Crippen molar-refractivity contribution >= 4 is 22.2 Å². The van der Waals surface area contributed by atoms with Crippen molar-refractivity contribution in [2.24, 2.45) is 0 Å². The molecule has 0 bridgehead atoms. The zero-order chi connectivity index (χ0) is 12.5. The van der Waals surface area contributed by atoms with Gasteiger partial charge in [-0.05, 0) is 12.1 Å². The highest BCUT2D eigenvalue weighted by Gasteiger charge is 2.33. The van der Waals surface area contributed by atoms with Crippen molar-refractivity contribution in [2.75, 3.05) is 5.32 Å². The number of thiazole rings is 1. The lowest BCUT2D eigenvalue weighted by Gasteiger charge is -2.03. The van der Waals surface area contributed by atoms with Gasteiger partial charge >= 0.3 is 6.18 Å². The van der Waals surface area contributed by atoms with Crippen molar-refractivity contribution in [3.05, 3.63) is 41.2 Å². The molecule has 0 amide bonds. The number of halogens is 4. The molecule has 1 N–H and O–H groups in total. The quantitative estimate of drug-likeness (QED) is 0.826. The summed E-state index contributed by atoms with van der Waals surface area (Å²) in [6.45, 7) is 0. The SMILES string of the molecule is Fc1ccccc1Nc1nc(C(F)(F)F)cs1. The summed E-state index contributed by atoms with van der Waals surface area (Å²) in [5, 5.41) is 3.38. The first kappa shape index (κ1) is 11.8. The van der Waals surface area contributed by atoms with Gasteiger partial charge in [0.15, 0.2) is 10.8 Å². The maximum Gasteiger partial charge on any atom is 0.434 e. The predicted octanol–water partition coefficient (Wildman–Crippen LogP) is 4.04. The topological polar surface area (TPSA) is 24.9 Å². The maximum absolute atomic E-state index is 13.2. The van der Waals surface area contributed by atoms with E-state index in [1.54, 1.807) is 6.07 Å². The first-order valence-electron chi connectivity index (χ1n) is 4.51. The van der Waals surface area contributed by atoms with E-state index in [1.807, 2.05) is 0 Å². The molecule has 0 aliphatic heterocycles. The Bertz CT molecular complexity index is 521. The van der Waals surface area contributed by atoms with Crippen LogP contribution >= 0.6 is 11.3 Å². The minimum absolute atomic E-state index is 0.00225. The summed E-state index contributed by atoms with van der Waals surface area (Å²) in [6, 6.07) is 5.69. The molecule has 0 aliphatic carbocycles. The van der Waals surface area contributed by atoms with Gasteiger partial charge in [-0.1, -0.05) is 12.1 Å². The Morgan fingerprint density at radius 2 is 1.88 bits per heavy atom. The van der Waals surface area contributed by atoms with Gasteiger partial charge in [-0.15, -0.1) is 11.3 Å². The Balaban J connectivity index is 2.21. The van der Waals surface area contributed by atoms with Crippen LogP contribution in [-0.2, 0) is 6.18 Å². The first-order valence-corrected chi connectivity index (χ1v) is 5.39. The van der Waals surface area contributed by atoms with E-state index in [-0.39, 0.29) is 10.8 Å². The second-order valence-corrected chi connectivity index (χ2v) is 4.00. The van der Waals surface area contributed by atoms with Crippen molar-refractivity contribution in [3.8, 4) is 0 Å². The number of hydrogen-bond donors (Lipinski definition) is 1. The Kier molecular flexibility index (Phi) is 3.01. The molecule has 0 atom stereocenters. The molecule has 90 valence electrons. The van der Waals surface area contributed by atoms with E-state index in [9.17, 15) is 17.6 Å². The summed E-state index contributed by atoms with van der Waals surface area (Å²) in [5.41, 5.74) is -0.892. The molecule has 2 aromatic rings. The fourth-order valence-electron chi connectivity index (χ4n) is 1.14. The van der Waals surface area contributed by atoms with Gasteiger partial charge in [0.2, 0.25) is 0 Å². The molecule has 7 heteroatoms. The molecular formula is C10H6F4N2S. The van der Waals surface area contributed by atoms with E-state index < -0.39 is 17.7 Å². The number of alkyl halides is 3. The number of benzene rings is 1. The predicted molar refractivity (Wildman–Crippen MR) is 56.8 cm³/mol. The number of aromatic nitrogens is 1. The molecule has 0 saturated heterocycles. The molecule has 2 rings (SSSR count). The standard InChI is InChI=1S/C10H6F4N2S/c11-6-3-1-2-4-7(6)15-9-16-8(5-17-9)10(12,13)14/h1-5H,(H,15,16). The summed E-state index contributed by atoms with van der Waals surface area (Å²) in [7, 11) is 0. The van der Waals surface area contributed by atoms with Crippen LogP contribution in [-0.4, -0.2) is 4.98 Å². The fourth-order valence-corrected chi connectivity index (χ4v) is 1.87. The highest BCUT2D eigenvalue weighted by molar-refractivity contribution is 7.13. The van der Waals surface area contributed by atoms with Crippen molar-refractivity contribution in [2.45, 2.75) is 6.18 Å². The van der Waals surface area contributed by atoms with E-state index >= 15 is 0 Å². The Morgan fingerprint density at radius 1 is 1.18 bits per heavy atom. The number of para-hydroxylation sites is 1. The molecular weight excluding hydrogens is 256 g/mol. The highest BCUT2D eigenvalue weighted by Crippen LogP contribution is 2.32. The molecule has 0 aliphatic rings. The first-order chi connectivity index (χ1) is 7.97. The normalized spacial score (nSPS) is 11.5. The van der Waals surface area contributed by atoms with Crippen LogP contribution in [0.4, 0.5) is 28.4 Å². The zero-order valence-electron chi connectivity index (χ0n) is 8.25. The molecule has 1 aromatic carbocycles. The Hall–Kier alpha value is -1.63. The van der Waals surface area contributed by atoms with Gasteiger partial charge in [0.05, 0.1) is 5.69 Å². The fraction of sp³-hybridized carbons (Fsp3) is 0.100. The van der Waals surface area contributed by atoms with Crippen LogP contribution < -0.4 is 5.32 Å². The summed E-state index contributed by atoms with van der Waals surface area (Å²) >= 11 is 0.771. The van der Waals surface area contributed by atoms with Crippen LogP contribution in [0.1, 0.15) is 5.69 Å². The van der Waals surface area contributed by atoms with Crippen molar-refractivity contribution in [1.82, 2.24) is 4.98 Å². The van der Waals surface area contributed by atoms with Crippen molar-refractivity contribution in [3.63, 3.8) is 0 Å². The molecule has 17 heavy (non-hydrogen) atoms. The number of rotatable bonds is 2. The minimum Gasteiger partial charge on any atom is -0.329 e. The van der Waals surface area contributed by atoms with Crippen LogP contribution in [0, 0.1) is 5.82 Å². The third-order valence-corrected chi connectivity index (χ3v) is 2.67. The van der Waals surface area contributed by atoms with Crippen LogP contribution in [0.3, 0.4) is 0 Å². The number of anilines is 2. The average molecular weight is 262 g/mol. The van der Waals surface area contributed by atoms with Gasteiger partial charge in [0.25, 0.3) is 0 Å². The minimum atomic E-state index is -4.48. The van der Waals surface area contributed by atoms with Gasteiger partial charge in [-0.2, -0.15) is 13.2 Å². The van der Waals surface area contributed by atoms with E-state index in [0.29, 0.717) is 0 Å². The third-order valence-electron chi connectivity index (χ3n) is 1.91. The summed E-state index contributed by atoms with van der Waals surface area (Å²) < 4.78 is 50.0. The van der Waals surface area contributed by atoms with Gasteiger partial charge in [0.1, 0.15) is 5.82 Å². The number of nitrogens with zero attached hydrogens (tertiary/aromatic N) is 1. The maximum atomic E-state index is 13.2. The Labute approximate surface area is 97.9 Å². The van der Waals surface area contributed by atoms with Crippen LogP contribution in [0.15, 0.2) is 29.6 Å². The number of nitrogens with one attached hydrogen (secondary N) is 1. The largest absolute Gasteiger partial charge is 0.434 e. The van der Waals surface area contributed by atoms with Gasteiger partial charge in [0, 0.05) is 5.38 Å². The summed E-state index contributed by atoms with van der Waals surface area (Å²) in [6.07, 6.45) is -4.48. The monoisotopic (exact) mass is 262 g/mol. The van der Waals surface area contributed by atoms with Crippen molar-refractivity contribution < 1.29 is 17.6 Å². The molecule has 1 heterocycles. The van der Waals surface area contributed by atoms with Crippen LogP contribution in [0.5, 0.6) is 0 Å². The molecule has 0 radical (unpaired) electrons. The smallest absolute Gasteiger partial charge is 0.329 e. The molecule has 0 spiro atoms. The van der Waals surface area contributed by atoms with Gasteiger partial charge < -0.3 is 5.32 Å². The van der Waals surface area contributed by atoms with Crippen molar-refractivity contribution in [1.29, 1.82) is 0 Å². The average Bonchev–Trinajstić information content (AvgIpc) is 2.69. The molecule has 0 fully saturated rings. The molecule has 2 nitrogen and oxygen atoms in total. The van der Waals surface area contributed by atoms with Crippen LogP contribution in [0.2, 0.25) is 0 Å². The second kappa shape index (κ2) is 4.33. The molecule has 0 saturated carbocycles. The highest BCUT2D eigenvalue weighted by atomic mass is 32.1. The Morgan fingerprint density at radius 3 is 2.47 bits per heavy atom. The lowest BCUT2D eigenvalue weighted by Crippen LogP contribution is -2.05. The van der Waals surface area contributed by atoms with Gasteiger partial charge in [-0.3, -0.25) is 0 Å². The lowest BCUT2D eigenvalue weighted by atomic mass is 10.3.